The second-order valence-electron chi connectivity index (χ2n) is 3.72. The third-order valence-corrected chi connectivity index (χ3v) is 16.1. The van der Waals surface area contributed by atoms with Crippen molar-refractivity contribution in [3.05, 3.63) is 0 Å². The Balaban J connectivity index is 4.02. The minimum atomic E-state index is -2.22. The first kappa shape index (κ1) is 8.36. The van der Waals surface area contributed by atoms with Crippen LogP contribution in [0.15, 0.2) is 0 Å². The molecular weight excluding hydrogens is 135 g/mol. The van der Waals surface area contributed by atoms with Crippen molar-refractivity contribution in [2.45, 2.75) is 32.7 Å². The molecule has 0 aliphatic heterocycles. The molecule has 0 bridgehead atoms. The zero-order valence-corrected chi connectivity index (χ0v) is 8.38. The third kappa shape index (κ3) is 2.09. The predicted octanol–water partition coefficient (Wildman–Crippen LogP) is 2.58. The summed E-state index contributed by atoms with van der Waals surface area (Å²) in [6.45, 7) is 9.90. The monoisotopic (exact) mass is 150 g/mol. The predicted molar refractivity (Wildman–Crippen MR) is 41.9 cm³/mol. The van der Waals surface area contributed by atoms with E-state index in [1.54, 1.807) is 13.1 Å². The molecule has 0 aliphatic carbocycles. The average molecular weight is 150 g/mol. The molecule has 0 saturated heterocycles. The zero-order valence-electron chi connectivity index (χ0n) is 6.38. The van der Waals surface area contributed by atoms with Crippen LogP contribution in [0, 0.1) is 0 Å². The van der Waals surface area contributed by atoms with Gasteiger partial charge in [0.2, 0.25) is 7.93 Å². The number of hydrogen-bond donors (Lipinski definition) is 0. The molecule has 0 rings (SSSR count). The maximum absolute atomic E-state index is 13.1. The van der Waals surface area contributed by atoms with Crippen LogP contribution in [0.25, 0.3) is 0 Å². The molecule has 50 valence electrons. The summed E-state index contributed by atoms with van der Waals surface area (Å²) in [7, 11) is -3.61. The molecule has 0 fully saturated rings. The van der Waals surface area contributed by atoms with Gasteiger partial charge in [-0.3, -0.25) is 0 Å². The Kier molecular flexibility index (Phi) is 2.04. The van der Waals surface area contributed by atoms with Gasteiger partial charge in [-0.05, 0) is 13.1 Å². The van der Waals surface area contributed by atoms with E-state index in [0.29, 0.717) is 0 Å². The smallest absolute Gasteiger partial charge is 0.226 e. The van der Waals surface area contributed by atoms with Crippen molar-refractivity contribution in [1.82, 2.24) is 0 Å². The Morgan fingerprint density at radius 2 is 1.00 bits per heavy atom. The fourth-order valence-electron chi connectivity index (χ4n) is 0. The number of hydrogen-bond acceptors (Lipinski definition) is 0. The second kappa shape index (κ2) is 1.95. The van der Waals surface area contributed by atoms with Crippen LogP contribution in [0.1, 0.15) is 0 Å². The van der Waals surface area contributed by atoms with E-state index in [1.165, 1.54) is 0 Å². The van der Waals surface area contributed by atoms with Gasteiger partial charge in [0.15, 0.2) is 0 Å². The first-order chi connectivity index (χ1) is 3.25. The number of rotatable bonds is 1. The van der Waals surface area contributed by atoms with Gasteiger partial charge in [0, 0.05) is 0 Å². The molecule has 0 atom stereocenters. The molecular formula is C5H15FSi2. The van der Waals surface area contributed by atoms with Crippen LogP contribution in [-0.4, -0.2) is 15.5 Å². The topological polar surface area (TPSA) is 0 Å². The van der Waals surface area contributed by atoms with Crippen molar-refractivity contribution >= 4 is 15.5 Å². The van der Waals surface area contributed by atoms with Gasteiger partial charge < -0.3 is 4.11 Å². The molecule has 0 heterocycles. The van der Waals surface area contributed by atoms with Crippen LogP contribution in [0.4, 0.5) is 4.11 Å². The van der Waals surface area contributed by atoms with Gasteiger partial charge in [-0.15, -0.1) is 0 Å². The Hall–Kier alpha value is 0.364. The molecule has 3 heteroatoms. The first-order valence-electron chi connectivity index (χ1n) is 2.94. The Morgan fingerprint density at radius 1 is 0.875 bits per heavy atom. The highest BCUT2D eigenvalue weighted by molar-refractivity contribution is 7.37. The molecule has 0 radical (unpaired) electrons. The molecule has 0 nitrogen and oxygen atoms in total. The molecule has 8 heavy (non-hydrogen) atoms. The Morgan fingerprint density at radius 3 is 1.00 bits per heavy atom. The van der Waals surface area contributed by atoms with Crippen molar-refractivity contribution in [2.75, 3.05) is 0 Å². The molecule has 0 aliphatic rings. The van der Waals surface area contributed by atoms with Crippen LogP contribution in [-0.2, 0) is 0 Å². The van der Waals surface area contributed by atoms with Gasteiger partial charge in [0.25, 0.3) is 0 Å². The summed E-state index contributed by atoms with van der Waals surface area (Å²) in [6.07, 6.45) is 0. The Labute approximate surface area is 53.1 Å². The SMILES string of the molecule is C[Si](C)(C)[Si](C)(C)F. The summed E-state index contributed by atoms with van der Waals surface area (Å²) in [5, 5.41) is 0. The van der Waals surface area contributed by atoms with Crippen molar-refractivity contribution in [2.24, 2.45) is 0 Å². The molecule has 0 aromatic heterocycles. The second-order valence-corrected chi connectivity index (χ2v) is 19.2. The van der Waals surface area contributed by atoms with Crippen molar-refractivity contribution in [3.63, 3.8) is 0 Å². The minimum absolute atomic E-state index is 1.39. The lowest BCUT2D eigenvalue weighted by atomic mass is 11.8. The molecule has 0 amide bonds. The fraction of sp³-hybridized carbons (Fsp3) is 1.00. The first-order valence-corrected chi connectivity index (χ1v) is 10.3. The molecule has 0 aromatic rings. The lowest BCUT2D eigenvalue weighted by Gasteiger charge is -2.25. The van der Waals surface area contributed by atoms with Gasteiger partial charge in [-0.25, -0.2) is 0 Å². The van der Waals surface area contributed by atoms with E-state index in [9.17, 15) is 4.11 Å². The summed E-state index contributed by atoms with van der Waals surface area (Å²) in [4.78, 5) is 0. The van der Waals surface area contributed by atoms with Gasteiger partial charge >= 0.3 is 0 Å². The standard InChI is InChI=1S/C5H15FSi2/c1-7(2,3)8(4,5)6/h1-5H3. The van der Waals surface area contributed by atoms with Gasteiger partial charge in [-0.2, -0.15) is 0 Å². The summed E-state index contributed by atoms with van der Waals surface area (Å²) in [5.74, 6) is 0. The highest BCUT2D eigenvalue weighted by Crippen LogP contribution is 2.18. The highest BCUT2D eigenvalue weighted by atomic mass is 29.3. The van der Waals surface area contributed by atoms with Crippen molar-refractivity contribution in [1.29, 1.82) is 0 Å². The van der Waals surface area contributed by atoms with E-state index < -0.39 is 15.5 Å². The quantitative estimate of drug-likeness (QED) is 0.398. The summed E-state index contributed by atoms with van der Waals surface area (Å²) in [6, 6.07) is 0. The van der Waals surface area contributed by atoms with Gasteiger partial charge in [-0.1, -0.05) is 19.6 Å². The lowest BCUT2D eigenvalue weighted by Crippen LogP contribution is -2.48. The zero-order chi connectivity index (χ0) is 7.00. The normalized spacial score (nSPS) is 14.2. The van der Waals surface area contributed by atoms with Crippen LogP contribution < -0.4 is 0 Å². The average Bonchev–Trinajstić information content (AvgIpc) is 1.25. The highest BCUT2D eigenvalue weighted by Gasteiger charge is 2.37. The van der Waals surface area contributed by atoms with E-state index in [2.05, 4.69) is 19.6 Å². The van der Waals surface area contributed by atoms with E-state index in [1.807, 2.05) is 0 Å². The van der Waals surface area contributed by atoms with Crippen LogP contribution in [0.3, 0.4) is 0 Å². The van der Waals surface area contributed by atoms with Crippen LogP contribution in [0.2, 0.25) is 32.7 Å². The van der Waals surface area contributed by atoms with E-state index in [-0.39, 0.29) is 0 Å². The van der Waals surface area contributed by atoms with E-state index in [4.69, 9.17) is 0 Å². The molecule has 0 saturated carbocycles. The van der Waals surface area contributed by atoms with E-state index >= 15 is 0 Å². The Bertz CT molecular complexity index is 65.4. The van der Waals surface area contributed by atoms with Gasteiger partial charge in [0.05, 0.1) is 7.59 Å². The lowest BCUT2D eigenvalue weighted by molar-refractivity contribution is 0.827. The maximum Gasteiger partial charge on any atom is 0.226 e. The summed E-state index contributed by atoms with van der Waals surface area (Å²) >= 11 is 0. The molecule has 0 unspecified atom stereocenters. The largest absolute Gasteiger partial charge is 0.318 e. The summed E-state index contributed by atoms with van der Waals surface area (Å²) in [5.41, 5.74) is 0. The minimum Gasteiger partial charge on any atom is -0.318 e. The van der Waals surface area contributed by atoms with E-state index in [0.717, 1.165) is 0 Å². The molecule has 0 spiro atoms. The van der Waals surface area contributed by atoms with Crippen LogP contribution >= 0.6 is 0 Å². The van der Waals surface area contributed by atoms with Crippen LogP contribution in [0.5, 0.6) is 0 Å². The molecule has 0 aromatic carbocycles. The number of halogens is 1. The third-order valence-electron chi connectivity index (χ3n) is 1.78. The summed E-state index contributed by atoms with van der Waals surface area (Å²) < 4.78 is 13.1. The fourth-order valence-corrected chi connectivity index (χ4v) is 0. The van der Waals surface area contributed by atoms with Gasteiger partial charge in [0.1, 0.15) is 0 Å². The maximum atomic E-state index is 13.1. The van der Waals surface area contributed by atoms with Crippen molar-refractivity contribution < 1.29 is 4.11 Å². The molecule has 0 N–H and O–H groups in total. The van der Waals surface area contributed by atoms with Crippen molar-refractivity contribution in [3.8, 4) is 0 Å².